The third kappa shape index (κ3) is 3.17. The molecule has 0 aliphatic carbocycles. The van der Waals surface area contributed by atoms with Gasteiger partial charge >= 0.3 is 5.97 Å². The zero-order chi connectivity index (χ0) is 18.9. The number of fused-ring (bicyclic) bond motifs is 1. The molecule has 2 heterocycles. The second-order valence-corrected chi connectivity index (χ2v) is 6.56. The molecule has 3 aromatic rings. The number of carbonyl (C=O) groups excluding carboxylic acids is 2. The molecule has 1 aliphatic rings. The summed E-state index contributed by atoms with van der Waals surface area (Å²) in [4.78, 5) is 33.6. The molecule has 1 N–H and O–H groups in total. The lowest BCUT2D eigenvalue weighted by Gasteiger charge is -2.33. The van der Waals surface area contributed by atoms with Crippen LogP contribution in [0.15, 0.2) is 67.1 Å². The first kappa shape index (κ1) is 16.9. The first-order valence-corrected chi connectivity index (χ1v) is 8.55. The van der Waals surface area contributed by atoms with Crippen molar-refractivity contribution < 1.29 is 14.3 Å². The maximum atomic E-state index is 13.0. The van der Waals surface area contributed by atoms with Gasteiger partial charge < -0.3 is 10.1 Å². The van der Waals surface area contributed by atoms with E-state index in [2.05, 4.69) is 15.3 Å². The van der Waals surface area contributed by atoms with E-state index in [0.29, 0.717) is 23.4 Å². The fourth-order valence-corrected chi connectivity index (χ4v) is 3.16. The Balaban J connectivity index is 1.63. The van der Waals surface area contributed by atoms with Gasteiger partial charge in [0.05, 0.1) is 23.1 Å². The van der Waals surface area contributed by atoms with Gasteiger partial charge in [0, 0.05) is 12.0 Å². The van der Waals surface area contributed by atoms with Gasteiger partial charge in [0.2, 0.25) is 0 Å². The lowest BCUT2D eigenvalue weighted by Crippen LogP contribution is -2.49. The topological polar surface area (TPSA) is 81.2 Å². The van der Waals surface area contributed by atoms with E-state index in [1.54, 1.807) is 19.1 Å². The molecule has 1 atom stereocenters. The molecule has 27 heavy (non-hydrogen) atoms. The minimum atomic E-state index is -1.31. The fraction of sp³-hybridized carbons (Fsp3) is 0.143. The molecule has 0 saturated carbocycles. The Labute approximate surface area is 156 Å². The lowest BCUT2D eigenvalue weighted by atomic mass is 9.89. The number of hydrogen-bond donors (Lipinski definition) is 1. The van der Waals surface area contributed by atoms with E-state index >= 15 is 0 Å². The molecular formula is C21H17N3O3. The molecule has 4 rings (SSSR count). The number of ether oxygens (including phenoxy) is 1. The summed E-state index contributed by atoms with van der Waals surface area (Å²) in [6, 6.07) is 16.6. The Hall–Kier alpha value is -3.54. The summed E-state index contributed by atoms with van der Waals surface area (Å²) in [5.74, 6) is -0.917. The number of benzene rings is 2. The van der Waals surface area contributed by atoms with Crippen LogP contribution in [0.25, 0.3) is 11.3 Å². The zero-order valence-corrected chi connectivity index (χ0v) is 14.7. The van der Waals surface area contributed by atoms with Crippen molar-refractivity contribution in [2.45, 2.75) is 18.9 Å². The number of aromatic nitrogens is 2. The van der Waals surface area contributed by atoms with Crippen LogP contribution < -0.4 is 5.32 Å². The quantitative estimate of drug-likeness (QED) is 0.726. The van der Waals surface area contributed by atoms with Gasteiger partial charge in [-0.05, 0) is 18.6 Å². The number of carbonyl (C=O) groups is 2. The second kappa shape index (κ2) is 6.64. The summed E-state index contributed by atoms with van der Waals surface area (Å²) in [7, 11) is 0. The highest BCUT2D eigenvalue weighted by Gasteiger charge is 2.42. The molecule has 0 saturated heterocycles. The number of rotatable bonds is 3. The van der Waals surface area contributed by atoms with E-state index in [0.717, 1.165) is 11.1 Å². The number of amides is 1. The highest BCUT2D eigenvalue weighted by molar-refractivity contribution is 6.03. The monoisotopic (exact) mass is 359 g/mol. The third-order valence-corrected chi connectivity index (χ3v) is 4.57. The number of esters is 1. The Morgan fingerprint density at radius 1 is 1.11 bits per heavy atom. The first-order chi connectivity index (χ1) is 13.1. The van der Waals surface area contributed by atoms with Crippen molar-refractivity contribution in [3.63, 3.8) is 0 Å². The minimum Gasteiger partial charge on any atom is -0.445 e. The van der Waals surface area contributed by atoms with Gasteiger partial charge in [0.15, 0.2) is 5.60 Å². The summed E-state index contributed by atoms with van der Waals surface area (Å²) in [6.45, 7) is 1.61. The highest BCUT2D eigenvalue weighted by Crippen LogP contribution is 2.31. The smallest absolute Gasteiger partial charge is 0.339 e. The molecule has 2 aromatic carbocycles. The summed E-state index contributed by atoms with van der Waals surface area (Å²) in [6.07, 6.45) is 3.26. The number of anilines is 1. The molecule has 0 spiro atoms. The molecule has 0 bridgehead atoms. The average Bonchev–Trinajstić information content (AvgIpc) is 2.69. The van der Waals surface area contributed by atoms with E-state index in [-0.39, 0.29) is 0 Å². The van der Waals surface area contributed by atoms with E-state index in [4.69, 9.17) is 4.74 Å². The molecule has 1 aromatic heterocycles. The lowest BCUT2D eigenvalue weighted by molar-refractivity contribution is -0.134. The van der Waals surface area contributed by atoms with Crippen molar-refractivity contribution in [3.05, 3.63) is 78.2 Å². The van der Waals surface area contributed by atoms with Crippen molar-refractivity contribution in [2.24, 2.45) is 0 Å². The molecule has 134 valence electrons. The first-order valence-electron chi connectivity index (χ1n) is 8.55. The third-order valence-electron chi connectivity index (χ3n) is 4.57. The van der Waals surface area contributed by atoms with Gasteiger partial charge in [-0.15, -0.1) is 0 Å². The zero-order valence-electron chi connectivity index (χ0n) is 14.7. The van der Waals surface area contributed by atoms with E-state index in [1.807, 2.05) is 42.5 Å². The van der Waals surface area contributed by atoms with Crippen molar-refractivity contribution in [2.75, 3.05) is 5.32 Å². The number of nitrogens with one attached hydrogen (secondary N) is 1. The standard InChI is InChI=1S/C21H17N3O3/c1-21(11-15-9-5-6-10-16(15)19(25)27-21)20(26)24-17-12-22-13-23-18(17)14-7-3-2-4-8-14/h2-10,12-13H,11H2,1H3,(H,24,26)/t21-/m0/s1. The maximum Gasteiger partial charge on any atom is 0.339 e. The van der Waals surface area contributed by atoms with Gasteiger partial charge in [0.25, 0.3) is 5.91 Å². The average molecular weight is 359 g/mol. The van der Waals surface area contributed by atoms with Crippen LogP contribution in [0.3, 0.4) is 0 Å². The van der Waals surface area contributed by atoms with Crippen LogP contribution in [0.2, 0.25) is 0 Å². The Kier molecular flexibility index (Phi) is 4.16. The van der Waals surface area contributed by atoms with Crippen LogP contribution in [0.5, 0.6) is 0 Å². The molecule has 1 amide bonds. The van der Waals surface area contributed by atoms with Crippen molar-refractivity contribution in [1.29, 1.82) is 0 Å². The van der Waals surface area contributed by atoms with Crippen molar-refractivity contribution in [3.8, 4) is 11.3 Å². The molecule has 1 aliphatic heterocycles. The molecular weight excluding hydrogens is 342 g/mol. The van der Waals surface area contributed by atoms with E-state index in [1.165, 1.54) is 12.5 Å². The van der Waals surface area contributed by atoms with Crippen LogP contribution in [0.1, 0.15) is 22.8 Å². The van der Waals surface area contributed by atoms with Gasteiger partial charge in [0.1, 0.15) is 6.33 Å². The van der Waals surface area contributed by atoms with Crippen LogP contribution in [-0.4, -0.2) is 27.4 Å². The molecule has 6 nitrogen and oxygen atoms in total. The predicted octanol–water partition coefficient (Wildman–Crippen LogP) is 3.25. The van der Waals surface area contributed by atoms with Gasteiger partial charge in [-0.2, -0.15) is 0 Å². The minimum absolute atomic E-state index is 0.301. The van der Waals surface area contributed by atoms with Gasteiger partial charge in [-0.25, -0.2) is 14.8 Å². The maximum absolute atomic E-state index is 13.0. The summed E-state index contributed by atoms with van der Waals surface area (Å²) in [5.41, 5.74) is 1.89. The summed E-state index contributed by atoms with van der Waals surface area (Å²) < 4.78 is 5.49. The molecule has 0 unspecified atom stereocenters. The van der Waals surface area contributed by atoms with Crippen LogP contribution in [0, 0.1) is 0 Å². The van der Waals surface area contributed by atoms with Crippen LogP contribution in [-0.2, 0) is 16.0 Å². The van der Waals surface area contributed by atoms with E-state index < -0.39 is 17.5 Å². The van der Waals surface area contributed by atoms with Gasteiger partial charge in [-0.1, -0.05) is 48.5 Å². The fourth-order valence-electron chi connectivity index (χ4n) is 3.16. The van der Waals surface area contributed by atoms with Crippen LogP contribution in [0.4, 0.5) is 5.69 Å². The summed E-state index contributed by atoms with van der Waals surface area (Å²) in [5, 5.41) is 2.83. The molecule has 6 heteroatoms. The Morgan fingerprint density at radius 2 is 1.85 bits per heavy atom. The second-order valence-electron chi connectivity index (χ2n) is 6.56. The van der Waals surface area contributed by atoms with Crippen LogP contribution >= 0.6 is 0 Å². The molecule has 0 radical (unpaired) electrons. The summed E-state index contributed by atoms with van der Waals surface area (Å²) >= 11 is 0. The van der Waals surface area contributed by atoms with E-state index in [9.17, 15) is 9.59 Å². The Morgan fingerprint density at radius 3 is 2.67 bits per heavy atom. The van der Waals surface area contributed by atoms with Crippen molar-refractivity contribution >= 4 is 17.6 Å². The Bertz CT molecular complexity index is 1020. The van der Waals surface area contributed by atoms with Gasteiger partial charge in [-0.3, -0.25) is 4.79 Å². The SMILES string of the molecule is C[C@@]1(C(=O)Nc2cncnc2-c2ccccc2)Cc2ccccc2C(=O)O1. The van der Waals surface area contributed by atoms with Crippen molar-refractivity contribution in [1.82, 2.24) is 9.97 Å². The largest absolute Gasteiger partial charge is 0.445 e. The number of cyclic esters (lactones) is 1. The highest BCUT2D eigenvalue weighted by atomic mass is 16.6. The normalized spacial score (nSPS) is 18.3. The predicted molar refractivity (Wildman–Crippen MR) is 100 cm³/mol. The molecule has 0 fully saturated rings. The number of hydrogen-bond acceptors (Lipinski definition) is 5. The number of nitrogens with zero attached hydrogens (tertiary/aromatic N) is 2.